The highest BCUT2D eigenvalue weighted by Gasteiger charge is 2.27. The Morgan fingerprint density at radius 1 is 1.38 bits per heavy atom. The number of carbonyl (C=O) groups is 1. The monoisotopic (exact) mass is 226 g/mol. The molecule has 1 aliphatic rings. The molecule has 1 rings (SSSR count). The molecule has 1 fully saturated rings. The zero-order chi connectivity index (χ0) is 12.1. The van der Waals surface area contributed by atoms with Gasteiger partial charge in [-0.15, -0.1) is 0 Å². The van der Waals surface area contributed by atoms with E-state index >= 15 is 0 Å². The molecule has 1 aliphatic heterocycles. The summed E-state index contributed by atoms with van der Waals surface area (Å²) < 4.78 is 0. The third kappa shape index (κ3) is 3.78. The summed E-state index contributed by atoms with van der Waals surface area (Å²) in [6.07, 6.45) is 2.18. The Balaban J connectivity index is 2.69. The number of carbonyl (C=O) groups excluding carboxylic acids is 1. The van der Waals surface area contributed by atoms with Crippen LogP contribution in [0.1, 0.15) is 40.5 Å². The Morgan fingerprint density at radius 2 is 2.06 bits per heavy atom. The molecule has 1 amide bonds. The first-order chi connectivity index (χ1) is 7.52. The molecule has 0 bridgehead atoms. The van der Waals surface area contributed by atoms with Crippen molar-refractivity contribution in [3.8, 4) is 0 Å². The van der Waals surface area contributed by atoms with Crippen LogP contribution in [-0.4, -0.2) is 36.5 Å². The lowest BCUT2D eigenvalue weighted by Crippen LogP contribution is -2.46. The van der Waals surface area contributed by atoms with Crippen molar-refractivity contribution in [3.05, 3.63) is 0 Å². The van der Waals surface area contributed by atoms with E-state index in [2.05, 4.69) is 24.1 Å². The van der Waals surface area contributed by atoms with Crippen LogP contribution < -0.4 is 5.32 Å². The van der Waals surface area contributed by atoms with Gasteiger partial charge in [0.15, 0.2) is 0 Å². The van der Waals surface area contributed by atoms with Gasteiger partial charge in [-0.1, -0.05) is 27.7 Å². The Hall–Kier alpha value is -0.570. The van der Waals surface area contributed by atoms with Gasteiger partial charge in [0.2, 0.25) is 5.91 Å². The van der Waals surface area contributed by atoms with E-state index in [4.69, 9.17) is 0 Å². The summed E-state index contributed by atoms with van der Waals surface area (Å²) in [7, 11) is 0. The van der Waals surface area contributed by atoms with Crippen molar-refractivity contribution in [1.82, 2.24) is 10.2 Å². The molecule has 3 nitrogen and oxygen atoms in total. The van der Waals surface area contributed by atoms with Gasteiger partial charge in [0.05, 0.1) is 0 Å². The molecule has 1 atom stereocenters. The van der Waals surface area contributed by atoms with Gasteiger partial charge in [0.1, 0.15) is 0 Å². The van der Waals surface area contributed by atoms with Crippen molar-refractivity contribution in [1.29, 1.82) is 0 Å². The van der Waals surface area contributed by atoms with E-state index in [1.165, 1.54) is 0 Å². The Labute approximate surface area is 99.6 Å². The van der Waals surface area contributed by atoms with Gasteiger partial charge in [-0.2, -0.15) is 0 Å². The van der Waals surface area contributed by atoms with E-state index in [0.717, 1.165) is 32.5 Å². The van der Waals surface area contributed by atoms with Gasteiger partial charge in [0.25, 0.3) is 0 Å². The largest absolute Gasteiger partial charge is 0.338 e. The van der Waals surface area contributed by atoms with E-state index in [1.54, 1.807) is 0 Å². The van der Waals surface area contributed by atoms with Crippen LogP contribution in [-0.2, 0) is 4.79 Å². The van der Waals surface area contributed by atoms with Gasteiger partial charge < -0.3 is 10.2 Å². The second-order valence-corrected chi connectivity index (χ2v) is 5.53. The molecule has 1 N–H and O–H groups in total. The average Bonchev–Trinajstić information content (AvgIpc) is 2.41. The number of hydrogen-bond acceptors (Lipinski definition) is 2. The van der Waals surface area contributed by atoms with Crippen molar-refractivity contribution in [2.24, 2.45) is 11.8 Å². The lowest BCUT2D eigenvalue weighted by Gasteiger charge is -2.32. The second-order valence-electron chi connectivity index (χ2n) is 5.53. The smallest absolute Gasteiger partial charge is 0.225 e. The minimum absolute atomic E-state index is 0.118. The van der Waals surface area contributed by atoms with Crippen LogP contribution in [0, 0.1) is 11.8 Å². The first kappa shape index (κ1) is 13.5. The molecular weight excluding hydrogens is 200 g/mol. The van der Waals surface area contributed by atoms with E-state index in [-0.39, 0.29) is 5.92 Å². The van der Waals surface area contributed by atoms with Crippen LogP contribution >= 0.6 is 0 Å². The Morgan fingerprint density at radius 3 is 2.62 bits per heavy atom. The Bertz CT molecular complexity index is 226. The molecule has 3 heteroatoms. The minimum Gasteiger partial charge on any atom is -0.338 e. The number of rotatable bonds is 3. The van der Waals surface area contributed by atoms with Crippen molar-refractivity contribution in [2.75, 3.05) is 19.6 Å². The van der Waals surface area contributed by atoms with Gasteiger partial charge in [-0.25, -0.2) is 0 Å². The van der Waals surface area contributed by atoms with Gasteiger partial charge in [0, 0.05) is 25.0 Å². The summed E-state index contributed by atoms with van der Waals surface area (Å²) in [5.74, 6) is 1.08. The highest BCUT2D eigenvalue weighted by Crippen LogP contribution is 2.16. The molecule has 0 spiro atoms. The van der Waals surface area contributed by atoms with Crippen molar-refractivity contribution < 1.29 is 4.79 Å². The number of hydrogen-bond donors (Lipinski definition) is 1. The quantitative estimate of drug-likeness (QED) is 0.797. The van der Waals surface area contributed by atoms with Crippen LogP contribution in [0.25, 0.3) is 0 Å². The highest BCUT2D eigenvalue weighted by molar-refractivity contribution is 5.78. The van der Waals surface area contributed by atoms with E-state index < -0.39 is 0 Å². The highest BCUT2D eigenvalue weighted by atomic mass is 16.2. The molecule has 94 valence electrons. The molecule has 16 heavy (non-hydrogen) atoms. The maximum Gasteiger partial charge on any atom is 0.225 e. The normalized spacial score (nSPS) is 22.6. The van der Waals surface area contributed by atoms with Crippen LogP contribution in [0.3, 0.4) is 0 Å². The molecular formula is C13H26N2O. The predicted molar refractivity (Wildman–Crippen MR) is 67.3 cm³/mol. The molecule has 0 aliphatic carbocycles. The molecule has 1 heterocycles. The van der Waals surface area contributed by atoms with Crippen molar-refractivity contribution >= 4 is 5.91 Å². The first-order valence-corrected chi connectivity index (χ1v) is 6.53. The minimum atomic E-state index is 0.118. The average molecular weight is 226 g/mol. The zero-order valence-electron chi connectivity index (χ0n) is 11.1. The van der Waals surface area contributed by atoms with Crippen LogP contribution in [0.15, 0.2) is 0 Å². The number of amides is 1. The zero-order valence-corrected chi connectivity index (χ0v) is 11.1. The third-order valence-corrected chi connectivity index (χ3v) is 3.09. The van der Waals surface area contributed by atoms with Gasteiger partial charge >= 0.3 is 0 Å². The lowest BCUT2D eigenvalue weighted by atomic mass is 10.0. The van der Waals surface area contributed by atoms with Crippen LogP contribution in [0.5, 0.6) is 0 Å². The fraction of sp³-hybridized carbons (Fsp3) is 0.923. The summed E-state index contributed by atoms with van der Waals surface area (Å²) in [4.78, 5) is 14.2. The fourth-order valence-electron chi connectivity index (χ4n) is 2.31. The standard InChI is InChI=1S/C13H26N2O/c1-10(2)8-12-9-14-6-5-7-15(12)13(16)11(3)4/h10-12,14H,5-9H2,1-4H3. The summed E-state index contributed by atoms with van der Waals surface area (Å²) in [5, 5.41) is 3.43. The SMILES string of the molecule is CC(C)CC1CNCCCN1C(=O)C(C)C. The van der Waals surface area contributed by atoms with Crippen molar-refractivity contribution in [3.63, 3.8) is 0 Å². The maximum absolute atomic E-state index is 12.1. The molecule has 1 saturated heterocycles. The second kappa shape index (κ2) is 6.24. The van der Waals surface area contributed by atoms with Gasteiger partial charge in [-0.3, -0.25) is 4.79 Å². The molecule has 0 aromatic heterocycles. The summed E-state index contributed by atoms with van der Waals surface area (Å²) in [6.45, 7) is 11.3. The van der Waals surface area contributed by atoms with Crippen LogP contribution in [0.4, 0.5) is 0 Å². The van der Waals surface area contributed by atoms with Crippen LogP contribution in [0.2, 0.25) is 0 Å². The topological polar surface area (TPSA) is 32.3 Å². The van der Waals surface area contributed by atoms with E-state index in [9.17, 15) is 4.79 Å². The summed E-state index contributed by atoms with van der Waals surface area (Å²) in [6, 6.07) is 0.386. The predicted octanol–water partition coefficient (Wildman–Crippen LogP) is 1.88. The summed E-state index contributed by atoms with van der Waals surface area (Å²) in [5.41, 5.74) is 0. The molecule has 0 aromatic rings. The molecule has 0 saturated carbocycles. The number of nitrogens with zero attached hydrogens (tertiary/aromatic N) is 1. The molecule has 0 aromatic carbocycles. The van der Waals surface area contributed by atoms with E-state index in [1.807, 2.05) is 13.8 Å². The Kier molecular flexibility index (Phi) is 5.26. The van der Waals surface area contributed by atoms with Crippen molar-refractivity contribution in [2.45, 2.75) is 46.6 Å². The third-order valence-electron chi connectivity index (χ3n) is 3.09. The van der Waals surface area contributed by atoms with Gasteiger partial charge in [-0.05, 0) is 25.3 Å². The number of nitrogens with one attached hydrogen (secondary N) is 1. The molecule has 0 radical (unpaired) electrons. The van der Waals surface area contributed by atoms with E-state index in [0.29, 0.717) is 17.9 Å². The molecule has 1 unspecified atom stereocenters. The summed E-state index contributed by atoms with van der Waals surface area (Å²) >= 11 is 0. The fourth-order valence-corrected chi connectivity index (χ4v) is 2.31. The first-order valence-electron chi connectivity index (χ1n) is 6.53. The lowest BCUT2D eigenvalue weighted by molar-refractivity contribution is -0.136. The maximum atomic E-state index is 12.1.